The molecule has 2 heterocycles. The van der Waals surface area contributed by atoms with Gasteiger partial charge in [0.25, 0.3) is 5.91 Å². The van der Waals surface area contributed by atoms with Crippen LogP contribution in [0.3, 0.4) is 0 Å². The van der Waals surface area contributed by atoms with E-state index >= 15 is 0 Å². The summed E-state index contributed by atoms with van der Waals surface area (Å²) in [4.78, 5) is 16.9. The van der Waals surface area contributed by atoms with Gasteiger partial charge in [0.1, 0.15) is 9.71 Å². The molecule has 3 N–H and O–H groups in total. The molecule has 3 rings (SSSR count). The summed E-state index contributed by atoms with van der Waals surface area (Å²) in [7, 11) is 0. The third-order valence-electron chi connectivity index (χ3n) is 4.86. The van der Waals surface area contributed by atoms with Crippen molar-refractivity contribution in [3.63, 3.8) is 0 Å². The fourth-order valence-corrected chi connectivity index (χ4v) is 4.29. The van der Waals surface area contributed by atoms with Gasteiger partial charge in [0.05, 0.1) is 11.3 Å². The summed E-state index contributed by atoms with van der Waals surface area (Å²) in [6.45, 7) is 8.24. The molecule has 160 valence electrons. The van der Waals surface area contributed by atoms with Gasteiger partial charge in [0, 0.05) is 17.6 Å². The molecule has 2 aromatic heterocycles. The number of carbonyl (C=O) groups is 1. The average Bonchev–Trinajstić information content (AvgIpc) is 2.96. The van der Waals surface area contributed by atoms with E-state index in [1.54, 1.807) is 0 Å². The smallest absolute Gasteiger partial charge is 0.397 e. The molecule has 0 unspecified atom stereocenters. The Bertz CT molecular complexity index is 1080. The summed E-state index contributed by atoms with van der Waals surface area (Å²) < 4.78 is 40.2. The predicted octanol–water partition coefficient (Wildman–Crippen LogP) is 5.48. The standard InChI is InChI=1S/C22H24F3N3OS/c1-12-11-15(22(23,24)25)16-17(26)18(30-20(16)28-12)19(29)27-10-9-13-5-7-14(8-6-13)21(2,3)4/h5-8,11H,9-10,26H2,1-4H3,(H,27,29). The van der Waals surface area contributed by atoms with Gasteiger partial charge in [-0.25, -0.2) is 4.98 Å². The molecule has 3 aromatic rings. The van der Waals surface area contributed by atoms with Gasteiger partial charge in [-0.1, -0.05) is 45.0 Å². The summed E-state index contributed by atoms with van der Waals surface area (Å²) in [5, 5.41) is 2.54. The normalized spacial score (nSPS) is 12.4. The van der Waals surface area contributed by atoms with Crippen molar-refractivity contribution in [2.75, 3.05) is 12.3 Å². The number of hydrogen-bond donors (Lipinski definition) is 2. The molecule has 0 aliphatic rings. The van der Waals surface area contributed by atoms with Crippen LogP contribution in [0.15, 0.2) is 30.3 Å². The number of amides is 1. The molecule has 0 atom stereocenters. The second kappa shape index (κ2) is 7.91. The van der Waals surface area contributed by atoms with Gasteiger partial charge in [-0.2, -0.15) is 13.2 Å². The van der Waals surface area contributed by atoms with Crippen LogP contribution in [0, 0.1) is 6.92 Å². The van der Waals surface area contributed by atoms with E-state index in [9.17, 15) is 18.0 Å². The first-order chi connectivity index (χ1) is 13.9. The van der Waals surface area contributed by atoms with E-state index in [-0.39, 0.29) is 31.9 Å². The van der Waals surface area contributed by atoms with Crippen molar-refractivity contribution in [1.29, 1.82) is 0 Å². The molecule has 0 aliphatic heterocycles. The number of pyridine rings is 1. The molecule has 1 aromatic carbocycles. The van der Waals surface area contributed by atoms with Crippen molar-refractivity contribution in [3.8, 4) is 0 Å². The van der Waals surface area contributed by atoms with Crippen LogP contribution in [0.25, 0.3) is 10.2 Å². The molecule has 0 radical (unpaired) electrons. The Morgan fingerprint density at radius 1 is 1.17 bits per heavy atom. The number of hydrogen-bond acceptors (Lipinski definition) is 4. The van der Waals surface area contributed by atoms with Gasteiger partial charge in [-0.3, -0.25) is 4.79 Å². The van der Waals surface area contributed by atoms with E-state index in [0.29, 0.717) is 13.0 Å². The number of thiophene rings is 1. The van der Waals surface area contributed by atoms with Crippen LogP contribution >= 0.6 is 11.3 Å². The number of aromatic nitrogens is 1. The monoisotopic (exact) mass is 435 g/mol. The Labute approximate surface area is 177 Å². The number of nitrogens with zero attached hydrogens (tertiary/aromatic N) is 1. The average molecular weight is 436 g/mol. The molecule has 1 amide bonds. The number of alkyl halides is 3. The zero-order valence-corrected chi connectivity index (χ0v) is 18.1. The van der Waals surface area contributed by atoms with E-state index in [4.69, 9.17) is 5.73 Å². The van der Waals surface area contributed by atoms with Crippen molar-refractivity contribution in [2.24, 2.45) is 0 Å². The lowest BCUT2D eigenvalue weighted by molar-refractivity contribution is -0.136. The van der Waals surface area contributed by atoms with E-state index in [1.807, 2.05) is 12.1 Å². The lowest BCUT2D eigenvalue weighted by Crippen LogP contribution is -2.25. The molecule has 0 spiro atoms. The minimum absolute atomic E-state index is 0.0525. The fraction of sp³-hybridized carbons (Fsp3) is 0.364. The molecular formula is C22H24F3N3OS. The molecular weight excluding hydrogens is 411 g/mol. The molecule has 0 saturated carbocycles. The largest absolute Gasteiger partial charge is 0.417 e. The van der Waals surface area contributed by atoms with Crippen LogP contribution < -0.4 is 11.1 Å². The van der Waals surface area contributed by atoms with Gasteiger partial charge in [0.15, 0.2) is 0 Å². The van der Waals surface area contributed by atoms with Crippen LogP contribution in [0.5, 0.6) is 0 Å². The van der Waals surface area contributed by atoms with Gasteiger partial charge in [-0.05, 0) is 36.0 Å². The van der Waals surface area contributed by atoms with Crippen LogP contribution in [0.1, 0.15) is 52.8 Å². The zero-order valence-electron chi connectivity index (χ0n) is 17.3. The van der Waals surface area contributed by atoms with Crippen LogP contribution in [-0.4, -0.2) is 17.4 Å². The van der Waals surface area contributed by atoms with E-state index in [1.165, 1.54) is 12.5 Å². The third kappa shape index (κ3) is 4.59. The summed E-state index contributed by atoms with van der Waals surface area (Å²) >= 11 is 0.879. The fourth-order valence-electron chi connectivity index (χ4n) is 3.21. The van der Waals surface area contributed by atoms with Crippen molar-refractivity contribution in [2.45, 2.75) is 45.7 Å². The van der Waals surface area contributed by atoms with E-state index in [2.05, 4.69) is 43.2 Å². The quantitative estimate of drug-likeness (QED) is 0.571. The molecule has 0 saturated heterocycles. The molecule has 0 fully saturated rings. The Hall–Kier alpha value is -2.61. The highest BCUT2D eigenvalue weighted by molar-refractivity contribution is 7.21. The predicted molar refractivity (Wildman–Crippen MR) is 115 cm³/mol. The Morgan fingerprint density at radius 3 is 2.37 bits per heavy atom. The summed E-state index contributed by atoms with van der Waals surface area (Å²) in [6.07, 6.45) is -3.97. The van der Waals surface area contributed by atoms with Crippen LogP contribution in [-0.2, 0) is 18.0 Å². The van der Waals surface area contributed by atoms with Gasteiger partial charge < -0.3 is 11.1 Å². The third-order valence-corrected chi connectivity index (χ3v) is 5.96. The van der Waals surface area contributed by atoms with Crippen molar-refractivity contribution < 1.29 is 18.0 Å². The zero-order chi connectivity index (χ0) is 22.3. The highest BCUT2D eigenvalue weighted by Gasteiger charge is 2.35. The highest BCUT2D eigenvalue weighted by Crippen LogP contribution is 2.42. The number of nitrogens with one attached hydrogen (secondary N) is 1. The number of carbonyl (C=O) groups excluding carboxylic acids is 1. The Kier molecular flexibility index (Phi) is 5.82. The lowest BCUT2D eigenvalue weighted by atomic mass is 9.86. The van der Waals surface area contributed by atoms with Gasteiger partial charge >= 0.3 is 6.18 Å². The Morgan fingerprint density at radius 2 is 1.80 bits per heavy atom. The van der Waals surface area contributed by atoms with Crippen molar-refractivity contribution >= 4 is 33.1 Å². The summed E-state index contributed by atoms with van der Waals surface area (Å²) in [5.41, 5.74) is 7.46. The molecule has 0 aliphatic carbocycles. The number of nitrogens with two attached hydrogens (primary N) is 1. The van der Waals surface area contributed by atoms with Crippen LogP contribution in [0.2, 0.25) is 0 Å². The number of anilines is 1. The lowest BCUT2D eigenvalue weighted by Gasteiger charge is -2.19. The van der Waals surface area contributed by atoms with Crippen LogP contribution in [0.4, 0.5) is 18.9 Å². The maximum absolute atomic E-state index is 13.4. The maximum atomic E-state index is 13.4. The second-order valence-corrected chi connectivity index (χ2v) is 9.29. The number of aryl methyl sites for hydroxylation is 1. The molecule has 0 bridgehead atoms. The Balaban J connectivity index is 1.75. The van der Waals surface area contributed by atoms with Crippen molar-refractivity contribution in [1.82, 2.24) is 10.3 Å². The highest BCUT2D eigenvalue weighted by atomic mass is 32.1. The van der Waals surface area contributed by atoms with Crippen molar-refractivity contribution in [3.05, 3.63) is 57.6 Å². The summed E-state index contributed by atoms with van der Waals surface area (Å²) in [5.74, 6) is -0.493. The number of nitrogen functional groups attached to an aromatic ring is 1. The molecule has 4 nitrogen and oxygen atoms in total. The second-order valence-electron chi connectivity index (χ2n) is 8.29. The van der Waals surface area contributed by atoms with E-state index in [0.717, 1.165) is 23.0 Å². The molecule has 30 heavy (non-hydrogen) atoms. The first kappa shape index (κ1) is 22.1. The number of halogens is 3. The van der Waals surface area contributed by atoms with Gasteiger partial charge in [-0.15, -0.1) is 11.3 Å². The summed E-state index contributed by atoms with van der Waals surface area (Å²) in [6, 6.07) is 9.11. The minimum Gasteiger partial charge on any atom is -0.397 e. The number of rotatable bonds is 4. The SMILES string of the molecule is Cc1cc(C(F)(F)F)c2c(N)c(C(=O)NCCc3ccc(C(C)(C)C)cc3)sc2n1. The first-order valence-corrected chi connectivity index (χ1v) is 10.3. The van der Waals surface area contributed by atoms with E-state index < -0.39 is 17.6 Å². The number of benzene rings is 1. The first-order valence-electron chi connectivity index (χ1n) is 9.52. The number of fused-ring (bicyclic) bond motifs is 1. The minimum atomic E-state index is -4.58. The topological polar surface area (TPSA) is 68.0 Å². The maximum Gasteiger partial charge on any atom is 0.417 e. The molecule has 8 heteroatoms. The van der Waals surface area contributed by atoms with Gasteiger partial charge in [0.2, 0.25) is 0 Å².